The van der Waals surface area contributed by atoms with Crippen LogP contribution in [0.5, 0.6) is 0 Å². The molecule has 3 N–H and O–H groups in total. The quantitative estimate of drug-likeness (QED) is 0.156. The molecule has 9 heteroatoms. The first-order chi connectivity index (χ1) is 20.0. The van der Waals surface area contributed by atoms with Crippen molar-refractivity contribution in [1.29, 1.82) is 0 Å². The van der Waals surface area contributed by atoms with E-state index in [0.29, 0.717) is 45.1 Å². The largest absolute Gasteiger partial charge is 0.337 e. The summed E-state index contributed by atoms with van der Waals surface area (Å²) in [6.07, 6.45) is 7.40. The van der Waals surface area contributed by atoms with Crippen LogP contribution in [0.3, 0.4) is 0 Å². The minimum Gasteiger partial charge on any atom is -0.337 e. The van der Waals surface area contributed by atoms with Gasteiger partial charge in [-0.15, -0.1) is 11.3 Å². The molecule has 4 aromatic heterocycles. The van der Waals surface area contributed by atoms with E-state index in [1.165, 1.54) is 17.7 Å². The molecule has 0 aliphatic rings. The van der Waals surface area contributed by atoms with Gasteiger partial charge in [0.25, 0.3) is 0 Å². The lowest BCUT2D eigenvalue weighted by molar-refractivity contribution is 0.636. The number of hydrogen-bond acceptors (Lipinski definition) is 5. The molecule has 0 saturated heterocycles. The van der Waals surface area contributed by atoms with E-state index < -0.39 is 5.82 Å². The van der Waals surface area contributed by atoms with Crippen molar-refractivity contribution in [1.82, 2.24) is 30.5 Å². The van der Waals surface area contributed by atoms with Crippen LogP contribution in [-0.4, -0.2) is 31.7 Å². The number of hydrogen-bond donors (Lipinski definition) is 3. The van der Waals surface area contributed by atoms with Crippen molar-refractivity contribution in [3.8, 4) is 22.1 Å². The fraction of sp³-hybridized carbons (Fsp3) is 0.0938. The molecule has 0 unspecified atom stereocenters. The first kappa shape index (κ1) is 26.5. The van der Waals surface area contributed by atoms with Crippen LogP contribution in [0.2, 0.25) is 0 Å². The van der Waals surface area contributed by atoms with E-state index in [-0.39, 0.29) is 10.6 Å². The number of aromatic amines is 2. The molecule has 6 rings (SSSR count). The maximum Gasteiger partial charge on any atom is 0.177 e. The van der Waals surface area contributed by atoms with Crippen molar-refractivity contribution in [3.63, 3.8) is 0 Å². The van der Waals surface area contributed by atoms with Crippen molar-refractivity contribution in [2.45, 2.75) is 13.5 Å². The minimum absolute atomic E-state index is 0.218. The molecule has 0 aliphatic heterocycles. The number of H-pyrrole nitrogens is 2. The van der Waals surface area contributed by atoms with Crippen molar-refractivity contribution in [2.24, 2.45) is 0 Å². The van der Waals surface area contributed by atoms with Crippen molar-refractivity contribution in [2.75, 3.05) is 6.54 Å². The highest BCUT2D eigenvalue weighted by atomic mass is 32.1. The van der Waals surface area contributed by atoms with Crippen LogP contribution in [0, 0.1) is 10.9 Å². The third kappa shape index (κ3) is 5.37. The average molecular weight is 565 g/mol. The van der Waals surface area contributed by atoms with Gasteiger partial charge >= 0.3 is 0 Å². The van der Waals surface area contributed by atoms with Crippen LogP contribution in [0.15, 0.2) is 97.2 Å². The predicted octanol–water partition coefficient (Wildman–Crippen LogP) is 7.81. The fourth-order valence-corrected chi connectivity index (χ4v) is 5.49. The molecule has 4 heterocycles. The lowest BCUT2D eigenvalue weighted by atomic mass is 10.00. The van der Waals surface area contributed by atoms with E-state index >= 15 is 4.39 Å². The van der Waals surface area contributed by atoms with Crippen LogP contribution in [0.25, 0.3) is 49.6 Å². The molecule has 0 saturated carbocycles. The molecule has 0 spiro atoms. The molecule has 0 amide bonds. The third-order valence-electron chi connectivity index (χ3n) is 6.81. The second kappa shape index (κ2) is 11.4. The Labute approximate surface area is 239 Å². The first-order valence-corrected chi connectivity index (χ1v) is 13.9. The van der Waals surface area contributed by atoms with Crippen molar-refractivity contribution < 1.29 is 8.78 Å². The number of nitrogens with one attached hydrogen (secondary N) is 3. The lowest BCUT2D eigenvalue weighted by Gasteiger charge is -2.09. The number of imidazole rings is 1. The number of allylic oxidation sites excluding steroid dienone is 3. The standard InChI is InChI=1S/C32H26F2N6S/c1-3-19(17-35-18-20-8-6-5-7-9-20)14-21(4-2)22-15-23-28(24(33)16-22)39-40-29(23)32-37-25-12-13-36-31(30(25)38-32)26-10-11-27(34)41-26/h3-16,35H,1,17-18H2,2H3,(H,37,38)(H,39,40)/b19-14+,21-4+. The number of nitrogens with zero attached hydrogens (tertiary/aromatic N) is 3. The van der Waals surface area contributed by atoms with E-state index in [2.05, 4.69) is 44.2 Å². The molecule has 6 nitrogen and oxygen atoms in total. The number of thiophene rings is 1. The zero-order chi connectivity index (χ0) is 28.3. The van der Waals surface area contributed by atoms with E-state index in [1.54, 1.807) is 24.4 Å². The van der Waals surface area contributed by atoms with Gasteiger partial charge in [0.1, 0.15) is 22.4 Å². The third-order valence-corrected chi connectivity index (χ3v) is 7.69. The molecular formula is C32H26F2N6S. The summed E-state index contributed by atoms with van der Waals surface area (Å²) in [5.41, 5.74) is 6.40. The smallest absolute Gasteiger partial charge is 0.177 e. The molecule has 0 fully saturated rings. The van der Waals surface area contributed by atoms with Crippen LogP contribution >= 0.6 is 11.3 Å². The summed E-state index contributed by atoms with van der Waals surface area (Å²) < 4.78 is 29.1. The number of fused-ring (bicyclic) bond motifs is 2. The van der Waals surface area contributed by atoms with Gasteiger partial charge in [0.2, 0.25) is 0 Å². The SMILES string of the molecule is C=C/C(=C\C(=C/C)c1cc(F)c2n[nH]c(-c3nc4c(-c5ccc(F)s5)nccc4[nH]3)c2c1)CNCc1ccccc1. The molecule has 204 valence electrons. The van der Waals surface area contributed by atoms with Gasteiger partial charge < -0.3 is 10.3 Å². The van der Waals surface area contributed by atoms with E-state index in [0.717, 1.165) is 34.5 Å². The Kier molecular flexibility index (Phi) is 7.37. The summed E-state index contributed by atoms with van der Waals surface area (Å²) >= 11 is 1.01. The van der Waals surface area contributed by atoms with Gasteiger partial charge in [0.15, 0.2) is 16.8 Å². The van der Waals surface area contributed by atoms with Crippen LogP contribution < -0.4 is 5.32 Å². The molecule has 2 aromatic carbocycles. The van der Waals surface area contributed by atoms with Gasteiger partial charge in [-0.25, -0.2) is 9.37 Å². The monoisotopic (exact) mass is 564 g/mol. The van der Waals surface area contributed by atoms with Crippen LogP contribution in [0.4, 0.5) is 8.78 Å². The topological polar surface area (TPSA) is 82.3 Å². The predicted molar refractivity (Wildman–Crippen MR) is 162 cm³/mol. The average Bonchev–Trinajstić information content (AvgIpc) is 3.73. The molecule has 6 aromatic rings. The number of benzene rings is 2. The second-order valence-electron chi connectivity index (χ2n) is 9.45. The molecule has 41 heavy (non-hydrogen) atoms. The summed E-state index contributed by atoms with van der Waals surface area (Å²) in [7, 11) is 0. The first-order valence-electron chi connectivity index (χ1n) is 13.1. The Morgan fingerprint density at radius 1 is 1.07 bits per heavy atom. The summed E-state index contributed by atoms with van der Waals surface area (Å²) in [5.74, 6) is 0.0439. The Hall–Kier alpha value is -4.73. The molecule has 0 radical (unpaired) electrons. The molecule has 0 aliphatic carbocycles. The van der Waals surface area contributed by atoms with Crippen molar-refractivity contribution >= 4 is 38.8 Å². The Bertz CT molecular complexity index is 1930. The van der Waals surface area contributed by atoms with Gasteiger partial charge in [0, 0.05) is 24.7 Å². The maximum atomic E-state index is 15.3. The fourth-order valence-electron chi connectivity index (χ4n) is 4.76. The Morgan fingerprint density at radius 2 is 1.93 bits per heavy atom. The summed E-state index contributed by atoms with van der Waals surface area (Å²) in [6.45, 7) is 7.23. The number of aromatic nitrogens is 5. The lowest BCUT2D eigenvalue weighted by Crippen LogP contribution is -2.15. The van der Waals surface area contributed by atoms with Crippen LogP contribution in [-0.2, 0) is 6.54 Å². The number of rotatable bonds is 9. The highest BCUT2D eigenvalue weighted by molar-refractivity contribution is 7.13. The minimum atomic E-state index is -0.442. The van der Waals surface area contributed by atoms with Gasteiger partial charge in [-0.05, 0) is 59.5 Å². The van der Waals surface area contributed by atoms with E-state index in [9.17, 15) is 4.39 Å². The maximum absolute atomic E-state index is 15.3. The zero-order valence-corrected chi connectivity index (χ0v) is 23.0. The van der Waals surface area contributed by atoms with Gasteiger partial charge in [0.05, 0.1) is 10.4 Å². The van der Waals surface area contributed by atoms with Gasteiger partial charge in [-0.3, -0.25) is 10.1 Å². The van der Waals surface area contributed by atoms with Gasteiger partial charge in [-0.1, -0.05) is 55.1 Å². The second-order valence-corrected chi connectivity index (χ2v) is 10.5. The van der Waals surface area contributed by atoms with E-state index in [4.69, 9.17) is 4.98 Å². The summed E-state index contributed by atoms with van der Waals surface area (Å²) in [4.78, 5) is 13.2. The highest BCUT2D eigenvalue weighted by Gasteiger charge is 2.19. The number of pyridine rings is 1. The Morgan fingerprint density at radius 3 is 2.68 bits per heavy atom. The van der Waals surface area contributed by atoms with Crippen LogP contribution in [0.1, 0.15) is 18.1 Å². The van der Waals surface area contributed by atoms with E-state index in [1.807, 2.05) is 43.3 Å². The summed E-state index contributed by atoms with van der Waals surface area (Å²) in [6, 6.07) is 18.5. The molecular weight excluding hydrogens is 538 g/mol. The number of halogens is 2. The Balaban J connectivity index is 1.34. The normalized spacial score (nSPS) is 12.5. The zero-order valence-electron chi connectivity index (χ0n) is 22.2. The highest BCUT2D eigenvalue weighted by Crippen LogP contribution is 2.34. The van der Waals surface area contributed by atoms with Gasteiger partial charge in [-0.2, -0.15) is 9.49 Å². The van der Waals surface area contributed by atoms with Crippen molar-refractivity contribution in [3.05, 3.63) is 119 Å². The molecule has 0 atom stereocenters. The summed E-state index contributed by atoms with van der Waals surface area (Å²) in [5, 5.41) is 10.9. The molecule has 0 bridgehead atoms.